The average molecular weight is 386 g/mol. The van der Waals surface area contributed by atoms with E-state index >= 15 is 0 Å². The van der Waals surface area contributed by atoms with Gasteiger partial charge in [0.2, 0.25) is 5.69 Å². The van der Waals surface area contributed by atoms with E-state index in [9.17, 15) is 10.1 Å². The smallest absolute Gasteiger partial charge is 0.342 e. The molecule has 0 aliphatic heterocycles. The van der Waals surface area contributed by atoms with Crippen molar-refractivity contribution in [3.8, 4) is 11.3 Å². The molecule has 9 nitrogen and oxygen atoms in total. The number of hydrogen-bond donors (Lipinski definition) is 0. The summed E-state index contributed by atoms with van der Waals surface area (Å²) in [6, 6.07) is 9.42. The zero-order valence-corrected chi connectivity index (χ0v) is 15.8. The third-order valence-corrected chi connectivity index (χ3v) is 3.73. The zero-order chi connectivity index (χ0) is 20.2. The number of rotatable bonds is 3. The average Bonchev–Trinajstić information content (AvgIpc) is 2.48. The first kappa shape index (κ1) is 21.7. The molecule has 0 unspecified atom stereocenters. The molecule has 142 valence electrons. The maximum atomic E-state index is 11.5. The van der Waals surface area contributed by atoms with E-state index in [1.165, 1.54) is 0 Å². The molecule has 1 aromatic heterocycles. The first-order valence-electron chi connectivity index (χ1n) is 7.37. The summed E-state index contributed by atoms with van der Waals surface area (Å²) >= 11 is 0. The third kappa shape index (κ3) is 5.90. The molecule has 0 fully saturated rings. The molecule has 0 aliphatic carbocycles. The molecular weight excluding hydrogens is 366 g/mol. The minimum atomic E-state index is -4.94. The first-order chi connectivity index (χ1) is 11.8. The number of aryl methyl sites for hydroxylation is 1. The van der Waals surface area contributed by atoms with Crippen LogP contribution in [0.15, 0.2) is 30.3 Å². The molecule has 0 saturated heterocycles. The topological polar surface area (TPSA) is 142 Å². The first-order valence-corrected chi connectivity index (χ1v) is 8.60. The second-order valence-corrected chi connectivity index (χ2v) is 6.56. The summed E-state index contributed by atoms with van der Waals surface area (Å²) in [7, 11) is 0.694. The second-order valence-electron chi connectivity index (χ2n) is 5.80. The van der Waals surface area contributed by atoms with Gasteiger partial charge in [0.25, 0.3) is 5.69 Å². The minimum Gasteiger partial charge on any atom is -0.372 e. The number of aromatic nitrogens is 1. The highest BCUT2D eigenvalue weighted by Gasteiger charge is 2.29. The number of pyridine rings is 1. The van der Waals surface area contributed by atoms with E-state index in [1.54, 1.807) is 6.07 Å². The fourth-order valence-corrected chi connectivity index (χ4v) is 2.46. The van der Waals surface area contributed by atoms with E-state index in [-0.39, 0.29) is 10.6 Å². The van der Waals surface area contributed by atoms with Crippen LogP contribution in [0.3, 0.4) is 0 Å². The predicted molar refractivity (Wildman–Crippen MR) is 83.5 cm³/mol. The fraction of sp³-hybridized carbons (Fsp3) is 0.312. The lowest BCUT2D eigenvalue weighted by atomic mass is 10.1. The molecule has 0 amide bonds. The van der Waals surface area contributed by atoms with Crippen molar-refractivity contribution in [3.05, 3.63) is 51.7 Å². The quantitative estimate of drug-likeness (QED) is 0.338. The van der Waals surface area contributed by atoms with Gasteiger partial charge in [0, 0.05) is 21.0 Å². The van der Waals surface area contributed by atoms with Crippen molar-refractivity contribution in [2.24, 2.45) is 7.05 Å². The molecule has 2 rings (SSSR count). The molecule has 0 atom stereocenters. The third-order valence-electron chi connectivity index (χ3n) is 3.73. The Morgan fingerprint density at radius 3 is 1.88 bits per heavy atom. The van der Waals surface area contributed by atoms with Crippen LogP contribution in [0.1, 0.15) is 11.3 Å². The zero-order valence-electron chi connectivity index (χ0n) is 15.1. The molecule has 10 heteroatoms. The molecule has 0 spiro atoms. The van der Waals surface area contributed by atoms with E-state index in [0.29, 0.717) is 5.69 Å². The Hall–Kier alpha value is -2.30. The highest BCUT2D eigenvalue weighted by Crippen LogP contribution is 2.31. The van der Waals surface area contributed by atoms with E-state index in [4.69, 9.17) is 18.6 Å². The largest absolute Gasteiger partial charge is 0.372 e. The fourth-order valence-electron chi connectivity index (χ4n) is 2.46. The summed E-state index contributed by atoms with van der Waals surface area (Å²) in [5, 5.41) is 11.5. The summed E-state index contributed by atoms with van der Waals surface area (Å²) in [6.07, 6.45) is 0. The molecule has 0 radical (unpaired) electrons. The van der Waals surface area contributed by atoms with Crippen LogP contribution in [-0.4, -0.2) is 19.0 Å². The molecule has 0 saturated carbocycles. The van der Waals surface area contributed by atoms with E-state index in [2.05, 4.69) is 0 Å². The number of nitrogens with zero attached hydrogens (tertiary/aromatic N) is 3. The van der Waals surface area contributed by atoms with Crippen molar-refractivity contribution in [3.63, 3.8) is 0 Å². The Labute approximate surface area is 153 Å². The second kappa shape index (κ2) is 8.39. The maximum absolute atomic E-state index is 11.5. The van der Waals surface area contributed by atoms with Gasteiger partial charge in [-0.2, -0.15) is 4.57 Å². The summed E-state index contributed by atoms with van der Waals surface area (Å²) in [5.74, 6) is 0. The lowest BCUT2D eigenvalue weighted by Crippen LogP contribution is -2.68. The number of nitro groups is 1. The lowest BCUT2D eigenvalue weighted by Gasteiger charge is -2.17. The monoisotopic (exact) mass is 385 g/mol. The molecule has 0 N–H and O–H groups in total. The SMILES string of the molecule is Cc1ccc(-c2c([N+](=O)[O-])cc(N(C)C)c(C)[n+]2C)cc1.[O-][Cl+3]([O-])([O-])[O-]. The lowest BCUT2D eigenvalue weighted by molar-refractivity contribution is -2.00. The van der Waals surface area contributed by atoms with Crippen LogP contribution >= 0.6 is 0 Å². The summed E-state index contributed by atoms with van der Waals surface area (Å²) < 4.78 is 35.9. The van der Waals surface area contributed by atoms with Gasteiger partial charge in [-0.15, -0.1) is 10.2 Å². The number of hydrogen-bond acceptors (Lipinski definition) is 7. The van der Waals surface area contributed by atoms with Crippen LogP contribution in [0.25, 0.3) is 11.3 Å². The number of halogens is 1. The van der Waals surface area contributed by atoms with Crippen molar-refractivity contribution >= 4 is 11.4 Å². The highest BCUT2D eigenvalue weighted by molar-refractivity contribution is 5.70. The van der Waals surface area contributed by atoms with Crippen molar-refractivity contribution in [2.45, 2.75) is 13.8 Å². The maximum Gasteiger partial charge on any atom is 0.342 e. The number of anilines is 1. The molecular formula is C16H20ClN3O6. The van der Waals surface area contributed by atoms with E-state index < -0.39 is 10.2 Å². The Kier molecular flexibility index (Phi) is 7.01. The van der Waals surface area contributed by atoms with Gasteiger partial charge >= 0.3 is 5.69 Å². The van der Waals surface area contributed by atoms with Gasteiger partial charge in [0.05, 0.1) is 16.6 Å². The highest BCUT2D eigenvalue weighted by atomic mass is 35.7. The van der Waals surface area contributed by atoms with Gasteiger partial charge in [-0.05, 0) is 19.1 Å². The predicted octanol–water partition coefficient (Wildman–Crippen LogP) is -1.99. The van der Waals surface area contributed by atoms with Crippen LogP contribution in [0.4, 0.5) is 11.4 Å². The van der Waals surface area contributed by atoms with Crippen LogP contribution in [0.2, 0.25) is 0 Å². The molecule has 1 heterocycles. The van der Waals surface area contributed by atoms with Gasteiger partial charge in [0.15, 0.2) is 0 Å². The van der Waals surface area contributed by atoms with Crippen LogP contribution < -0.4 is 28.1 Å². The van der Waals surface area contributed by atoms with Gasteiger partial charge in [-0.1, -0.05) is 17.7 Å². The molecule has 2 aromatic rings. The molecule has 26 heavy (non-hydrogen) atoms. The Morgan fingerprint density at radius 2 is 1.50 bits per heavy atom. The van der Waals surface area contributed by atoms with Crippen LogP contribution in [0, 0.1) is 34.2 Å². The summed E-state index contributed by atoms with van der Waals surface area (Å²) in [5.41, 5.74) is 4.56. The van der Waals surface area contributed by atoms with Gasteiger partial charge in [-0.3, -0.25) is 10.1 Å². The Bertz CT molecular complexity index is 782. The van der Waals surface area contributed by atoms with Crippen LogP contribution in [0.5, 0.6) is 0 Å². The number of benzene rings is 1. The molecule has 0 bridgehead atoms. The Balaban J connectivity index is 0.000000597. The molecule has 1 aromatic carbocycles. The van der Waals surface area contributed by atoms with E-state index in [0.717, 1.165) is 22.5 Å². The standard InChI is InChI=1S/C16H20N3O2.ClHO4/c1-11-6-8-13(9-7-11)16-15(19(20)21)10-14(17(3)4)12(2)18(16)5;2-1(3,4)5/h6-10H,1-5H3;(H,2,3,4,5)/q+1;/p-1. The Morgan fingerprint density at radius 1 is 1.04 bits per heavy atom. The van der Waals surface area contributed by atoms with E-state index in [1.807, 2.05) is 68.7 Å². The van der Waals surface area contributed by atoms with Crippen molar-refractivity contribution < 1.29 is 38.4 Å². The van der Waals surface area contributed by atoms with Crippen molar-refractivity contribution in [2.75, 3.05) is 19.0 Å². The van der Waals surface area contributed by atoms with Gasteiger partial charge in [-0.25, -0.2) is 18.6 Å². The van der Waals surface area contributed by atoms with Gasteiger partial charge < -0.3 is 4.90 Å². The van der Waals surface area contributed by atoms with Crippen molar-refractivity contribution in [1.82, 2.24) is 0 Å². The molecule has 0 aliphatic rings. The summed E-state index contributed by atoms with van der Waals surface area (Å²) in [6.45, 7) is 3.97. The van der Waals surface area contributed by atoms with Crippen molar-refractivity contribution in [1.29, 1.82) is 0 Å². The van der Waals surface area contributed by atoms with Gasteiger partial charge in [0.1, 0.15) is 12.7 Å². The summed E-state index contributed by atoms with van der Waals surface area (Å²) in [4.78, 5) is 13.0. The van der Waals surface area contributed by atoms with Crippen LogP contribution in [-0.2, 0) is 7.05 Å². The minimum absolute atomic E-state index is 0.121. The normalized spacial score (nSPS) is 10.8.